The third-order valence-electron chi connectivity index (χ3n) is 5.43. The summed E-state index contributed by atoms with van der Waals surface area (Å²) in [7, 11) is 1.73. The van der Waals surface area contributed by atoms with Crippen molar-refractivity contribution in [3.8, 4) is 5.75 Å². The second-order valence-electron chi connectivity index (χ2n) is 6.87. The molecule has 2 N–H and O–H groups in total. The predicted molar refractivity (Wildman–Crippen MR) is 109 cm³/mol. The van der Waals surface area contributed by atoms with E-state index in [2.05, 4.69) is 4.98 Å². The largest absolute Gasteiger partial charge is 0.506 e. The Morgan fingerprint density at radius 2 is 1.71 bits per heavy atom. The van der Waals surface area contributed by atoms with Gasteiger partial charge in [-0.1, -0.05) is 54.1 Å². The first-order valence-electron chi connectivity index (χ1n) is 8.86. The number of aromatic nitrogens is 2. The molecule has 0 bridgehead atoms. The number of imidazole rings is 1. The molecule has 3 aromatic carbocycles. The molecule has 0 spiro atoms. The molecule has 0 radical (unpaired) electrons. The number of likely N-dealkylation sites (N-methyl/N-ethyl adjacent to an activating group) is 1. The lowest BCUT2D eigenvalue weighted by molar-refractivity contribution is -0.120. The zero-order chi connectivity index (χ0) is 19.5. The summed E-state index contributed by atoms with van der Waals surface area (Å²) in [5.41, 5.74) is 2.17. The maximum absolute atomic E-state index is 13.7. The third-order valence-corrected chi connectivity index (χ3v) is 5.74. The van der Waals surface area contributed by atoms with Gasteiger partial charge in [-0.2, -0.15) is 0 Å². The molecule has 0 saturated heterocycles. The Morgan fingerprint density at radius 3 is 2.54 bits per heavy atom. The summed E-state index contributed by atoms with van der Waals surface area (Å²) in [6.07, 6.45) is 0. The molecule has 0 fully saturated rings. The van der Waals surface area contributed by atoms with E-state index in [1.807, 2.05) is 48.5 Å². The number of rotatable bonds is 2. The number of benzene rings is 3. The highest BCUT2D eigenvalue weighted by molar-refractivity contribution is 6.32. The molecule has 1 aromatic heterocycles. The lowest BCUT2D eigenvalue weighted by atomic mass is 9.74. The van der Waals surface area contributed by atoms with Crippen molar-refractivity contribution in [2.75, 3.05) is 11.9 Å². The molecule has 4 aromatic rings. The van der Waals surface area contributed by atoms with Gasteiger partial charge in [0.15, 0.2) is 5.41 Å². The van der Waals surface area contributed by atoms with E-state index in [4.69, 9.17) is 16.6 Å². The van der Waals surface area contributed by atoms with Gasteiger partial charge >= 0.3 is 0 Å². The van der Waals surface area contributed by atoms with Gasteiger partial charge in [0.1, 0.15) is 11.6 Å². The van der Waals surface area contributed by atoms with Gasteiger partial charge in [0.05, 0.1) is 16.1 Å². The number of aromatic amines is 1. The van der Waals surface area contributed by atoms with Crippen molar-refractivity contribution >= 4 is 34.2 Å². The Bertz CT molecular complexity index is 1220. The Labute approximate surface area is 166 Å². The molecule has 1 aliphatic heterocycles. The minimum atomic E-state index is -1.32. The summed E-state index contributed by atoms with van der Waals surface area (Å²) < 4.78 is 0. The monoisotopic (exact) mass is 389 g/mol. The van der Waals surface area contributed by atoms with Crippen molar-refractivity contribution in [3.63, 3.8) is 0 Å². The maximum Gasteiger partial charge on any atom is 0.249 e. The molecule has 0 aliphatic carbocycles. The van der Waals surface area contributed by atoms with Crippen molar-refractivity contribution in [2.24, 2.45) is 0 Å². The van der Waals surface area contributed by atoms with Crippen LogP contribution < -0.4 is 4.90 Å². The van der Waals surface area contributed by atoms with E-state index in [1.54, 1.807) is 30.1 Å². The summed E-state index contributed by atoms with van der Waals surface area (Å²) in [5.74, 6) is 0.126. The Balaban J connectivity index is 1.94. The predicted octanol–water partition coefficient (Wildman–Crippen LogP) is 4.23. The molecule has 6 heteroatoms. The fourth-order valence-corrected chi connectivity index (χ4v) is 4.30. The highest BCUT2D eigenvalue weighted by Gasteiger charge is 2.55. The van der Waals surface area contributed by atoms with Crippen molar-refractivity contribution in [2.45, 2.75) is 5.41 Å². The lowest BCUT2D eigenvalue weighted by Gasteiger charge is -2.28. The minimum absolute atomic E-state index is 0.122. The number of nitrogens with one attached hydrogen (secondary N) is 1. The number of phenols is 1. The molecular formula is C22H16ClN3O2. The molecule has 1 unspecified atom stereocenters. The van der Waals surface area contributed by atoms with Gasteiger partial charge < -0.3 is 15.0 Å². The van der Waals surface area contributed by atoms with Gasteiger partial charge in [-0.25, -0.2) is 4.98 Å². The van der Waals surface area contributed by atoms with Gasteiger partial charge in [-0.3, -0.25) is 4.79 Å². The van der Waals surface area contributed by atoms with Crippen LogP contribution in [0.5, 0.6) is 5.75 Å². The number of carbonyl (C=O) groups excluding carboxylic acids is 1. The van der Waals surface area contributed by atoms with E-state index in [-0.39, 0.29) is 16.7 Å². The number of carbonyl (C=O) groups is 1. The number of halogens is 1. The number of hydrogen-bond acceptors (Lipinski definition) is 3. The van der Waals surface area contributed by atoms with Crippen LogP contribution in [0.1, 0.15) is 17.0 Å². The van der Waals surface area contributed by atoms with Crippen molar-refractivity contribution in [3.05, 3.63) is 88.7 Å². The standard InChI is InChI=1S/C22H16ClN3O2/c1-26-18-12-5-2-7-13(18)22(21(26)28,14-8-6-9-15(23)19(14)27)20-24-16-10-3-4-11-17(16)25-20/h2-12,27H,1H3,(H,24,25). The van der Waals surface area contributed by atoms with Crippen LogP contribution in [0.15, 0.2) is 66.7 Å². The Morgan fingerprint density at radius 1 is 1.00 bits per heavy atom. The van der Waals surface area contributed by atoms with Crippen LogP contribution in [0.4, 0.5) is 5.69 Å². The minimum Gasteiger partial charge on any atom is -0.506 e. The van der Waals surface area contributed by atoms with Crippen LogP contribution in [0, 0.1) is 0 Å². The molecular weight excluding hydrogens is 374 g/mol. The highest BCUT2D eigenvalue weighted by Crippen LogP contribution is 2.52. The van der Waals surface area contributed by atoms with Gasteiger partial charge in [0.2, 0.25) is 5.91 Å². The van der Waals surface area contributed by atoms with Crippen molar-refractivity contribution < 1.29 is 9.90 Å². The third kappa shape index (κ3) is 2.02. The van der Waals surface area contributed by atoms with Crippen LogP contribution in [-0.2, 0) is 10.2 Å². The molecule has 5 rings (SSSR count). The molecule has 1 aliphatic rings. The lowest BCUT2D eigenvalue weighted by Crippen LogP contribution is -2.41. The normalized spacial score (nSPS) is 18.6. The van der Waals surface area contributed by atoms with Crippen molar-refractivity contribution in [1.29, 1.82) is 0 Å². The van der Waals surface area contributed by atoms with Crippen LogP contribution in [0.3, 0.4) is 0 Å². The van der Waals surface area contributed by atoms with E-state index >= 15 is 0 Å². The van der Waals surface area contributed by atoms with Crippen LogP contribution in [-0.4, -0.2) is 28.0 Å². The first-order valence-corrected chi connectivity index (χ1v) is 9.24. The number of H-pyrrole nitrogens is 1. The molecule has 2 heterocycles. The summed E-state index contributed by atoms with van der Waals surface area (Å²) in [5, 5.41) is 11.0. The fourth-order valence-electron chi connectivity index (χ4n) is 4.12. The summed E-state index contributed by atoms with van der Waals surface area (Å²) in [6.45, 7) is 0. The van der Waals surface area contributed by atoms with Gasteiger partial charge in [-0.15, -0.1) is 0 Å². The van der Waals surface area contributed by atoms with Crippen LogP contribution >= 0.6 is 11.6 Å². The molecule has 0 saturated carbocycles. The topological polar surface area (TPSA) is 69.2 Å². The average Bonchev–Trinajstić information content (AvgIpc) is 3.23. The Hall–Kier alpha value is -3.31. The number of amides is 1. The molecule has 1 amide bonds. The SMILES string of the molecule is CN1C(=O)C(c2nc3ccccc3[nH]2)(c2cccc(Cl)c2O)c2ccccc21. The first-order chi connectivity index (χ1) is 13.5. The first kappa shape index (κ1) is 16.8. The number of hydrogen-bond donors (Lipinski definition) is 2. The number of nitrogens with zero attached hydrogens (tertiary/aromatic N) is 2. The van der Waals surface area contributed by atoms with E-state index < -0.39 is 5.41 Å². The number of anilines is 1. The second-order valence-corrected chi connectivity index (χ2v) is 7.28. The quantitative estimate of drug-likeness (QED) is 0.539. The van der Waals surface area contributed by atoms with Gasteiger partial charge in [0.25, 0.3) is 0 Å². The molecule has 138 valence electrons. The second kappa shape index (κ2) is 5.84. The molecule has 5 nitrogen and oxygen atoms in total. The van der Waals surface area contributed by atoms with Crippen LogP contribution in [0.25, 0.3) is 11.0 Å². The number of para-hydroxylation sites is 4. The van der Waals surface area contributed by atoms with E-state index in [0.717, 1.165) is 22.3 Å². The smallest absolute Gasteiger partial charge is 0.249 e. The zero-order valence-corrected chi connectivity index (χ0v) is 15.7. The van der Waals surface area contributed by atoms with Crippen LogP contribution in [0.2, 0.25) is 5.02 Å². The molecule has 28 heavy (non-hydrogen) atoms. The average molecular weight is 390 g/mol. The summed E-state index contributed by atoms with van der Waals surface area (Å²) in [4.78, 5) is 23.4. The number of fused-ring (bicyclic) bond motifs is 2. The fraction of sp³-hybridized carbons (Fsp3) is 0.0909. The van der Waals surface area contributed by atoms with E-state index in [1.165, 1.54) is 0 Å². The maximum atomic E-state index is 13.7. The van der Waals surface area contributed by atoms with Crippen molar-refractivity contribution in [1.82, 2.24) is 9.97 Å². The van der Waals surface area contributed by atoms with Gasteiger partial charge in [-0.05, 0) is 24.3 Å². The van der Waals surface area contributed by atoms with E-state index in [9.17, 15) is 9.90 Å². The zero-order valence-electron chi connectivity index (χ0n) is 15.0. The summed E-state index contributed by atoms with van der Waals surface area (Å²) in [6, 6.07) is 20.2. The van der Waals surface area contributed by atoms with Gasteiger partial charge in [0, 0.05) is 23.9 Å². The number of phenolic OH excluding ortho intramolecular Hbond substituents is 1. The molecule has 1 atom stereocenters. The Kier molecular flexibility index (Phi) is 3.51. The summed E-state index contributed by atoms with van der Waals surface area (Å²) >= 11 is 6.23. The van der Waals surface area contributed by atoms with E-state index in [0.29, 0.717) is 11.4 Å². The number of aromatic hydroxyl groups is 1. The highest BCUT2D eigenvalue weighted by atomic mass is 35.5.